The van der Waals surface area contributed by atoms with Crippen molar-refractivity contribution in [3.8, 4) is 5.75 Å². The maximum Gasteiger partial charge on any atom is 0.573 e. The van der Waals surface area contributed by atoms with Crippen molar-refractivity contribution in [1.29, 1.82) is 0 Å². The molecule has 0 radical (unpaired) electrons. The Morgan fingerprint density at radius 1 is 1.19 bits per heavy atom. The van der Waals surface area contributed by atoms with Gasteiger partial charge in [-0.3, -0.25) is 4.79 Å². The van der Waals surface area contributed by atoms with Crippen LogP contribution in [0.2, 0.25) is 5.22 Å². The van der Waals surface area contributed by atoms with E-state index in [4.69, 9.17) is 16.0 Å². The van der Waals surface area contributed by atoms with Crippen LogP contribution in [-0.2, 0) is 6.54 Å². The van der Waals surface area contributed by atoms with E-state index in [-0.39, 0.29) is 23.3 Å². The Morgan fingerprint density at radius 2 is 1.86 bits per heavy atom. The fraction of sp³-hybridized carbons (Fsp3) is 0.154. The van der Waals surface area contributed by atoms with Crippen LogP contribution in [0.5, 0.6) is 5.75 Å². The molecule has 1 N–H and O–H groups in total. The molecule has 1 heterocycles. The number of nitrogens with one attached hydrogen (secondary N) is 1. The second-order valence-electron chi connectivity index (χ2n) is 3.98. The first kappa shape index (κ1) is 15.2. The summed E-state index contributed by atoms with van der Waals surface area (Å²) >= 11 is 5.54. The number of carbonyl (C=O) groups is 1. The van der Waals surface area contributed by atoms with E-state index in [2.05, 4.69) is 10.1 Å². The minimum atomic E-state index is -4.73. The topological polar surface area (TPSA) is 51.5 Å². The molecule has 2 aromatic rings. The van der Waals surface area contributed by atoms with Crippen molar-refractivity contribution in [2.75, 3.05) is 0 Å². The maximum absolute atomic E-state index is 12.0. The van der Waals surface area contributed by atoms with Gasteiger partial charge >= 0.3 is 6.36 Å². The van der Waals surface area contributed by atoms with Crippen molar-refractivity contribution in [3.05, 3.63) is 52.9 Å². The molecular weight excluding hydrogens is 311 g/mol. The molecule has 4 nitrogen and oxygen atoms in total. The van der Waals surface area contributed by atoms with Gasteiger partial charge in [-0.15, -0.1) is 13.2 Å². The number of ether oxygens (including phenoxy) is 1. The van der Waals surface area contributed by atoms with Gasteiger partial charge in [-0.2, -0.15) is 0 Å². The molecule has 0 aliphatic carbocycles. The normalized spacial score (nSPS) is 11.2. The van der Waals surface area contributed by atoms with Crippen LogP contribution in [0.25, 0.3) is 0 Å². The molecule has 1 aromatic carbocycles. The lowest BCUT2D eigenvalue weighted by Gasteiger charge is -2.09. The van der Waals surface area contributed by atoms with Gasteiger partial charge in [-0.05, 0) is 41.4 Å². The minimum absolute atomic E-state index is 0.0528. The Labute approximate surface area is 122 Å². The molecule has 0 atom stereocenters. The first-order valence-corrected chi connectivity index (χ1v) is 6.09. The van der Waals surface area contributed by atoms with Gasteiger partial charge in [0.2, 0.25) is 0 Å². The zero-order chi connectivity index (χ0) is 15.5. The van der Waals surface area contributed by atoms with Gasteiger partial charge in [-0.25, -0.2) is 0 Å². The number of hydrogen-bond acceptors (Lipinski definition) is 3. The zero-order valence-corrected chi connectivity index (χ0v) is 11.2. The summed E-state index contributed by atoms with van der Waals surface area (Å²) in [6, 6.07) is 8.00. The summed E-state index contributed by atoms with van der Waals surface area (Å²) in [6.45, 7) is 0.128. The van der Waals surface area contributed by atoms with E-state index in [9.17, 15) is 18.0 Å². The van der Waals surface area contributed by atoms with E-state index >= 15 is 0 Å². The van der Waals surface area contributed by atoms with Crippen LogP contribution in [0.1, 0.15) is 16.1 Å². The summed E-state index contributed by atoms with van der Waals surface area (Å²) in [6.07, 6.45) is -4.73. The number of carbonyl (C=O) groups excluding carboxylic acids is 1. The number of rotatable bonds is 4. The van der Waals surface area contributed by atoms with Gasteiger partial charge < -0.3 is 14.5 Å². The van der Waals surface area contributed by atoms with E-state index in [1.54, 1.807) is 0 Å². The number of alkyl halides is 3. The van der Waals surface area contributed by atoms with Crippen LogP contribution in [0.3, 0.4) is 0 Å². The van der Waals surface area contributed by atoms with Crippen molar-refractivity contribution in [2.45, 2.75) is 12.9 Å². The molecule has 0 aliphatic heterocycles. The Kier molecular flexibility index (Phi) is 4.42. The molecule has 0 fully saturated rings. The zero-order valence-electron chi connectivity index (χ0n) is 10.4. The van der Waals surface area contributed by atoms with Gasteiger partial charge in [0.1, 0.15) is 5.75 Å². The third-order valence-corrected chi connectivity index (χ3v) is 2.61. The van der Waals surface area contributed by atoms with Crippen LogP contribution in [0.15, 0.2) is 40.8 Å². The van der Waals surface area contributed by atoms with Crippen molar-refractivity contribution in [3.63, 3.8) is 0 Å². The quantitative estimate of drug-likeness (QED) is 0.933. The molecule has 8 heteroatoms. The highest BCUT2D eigenvalue weighted by atomic mass is 35.5. The summed E-state index contributed by atoms with van der Waals surface area (Å²) < 4.78 is 44.6. The van der Waals surface area contributed by atoms with Gasteiger partial charge in [-0.1, -0.05) is 12.1 Å². The smallest absolute Gasteiger partial charge is 0.440 e. The largest absolute Gasteiger partial charge is 0.573 e. The molecule has 0 unspecified atom stereocenters. The third-order valence-electron chi connectivity index (χ3n) is 2.41. The van der Waals surface area contributed by atoms with Crippen LogP contribution in [-0.4, -0.2) is 12.3 Å². The molecule has 1 amide bonds. The fourth-order valence-corrected chi connectivity index (χ4v) is 1.66. The average Bonchev–Trinajstić information content (AvgIpc) is 2.82. The summed E-state index contributed by atoms with van der Waals surface area (Å²) in [4.78, 5) is 11.6. The Morgan fingerprint density at radius 3 is 2.38 bits per heavy atom. The van der Waals surface area contributed by atoms with Crippen molar-refractivity contribution in [1.82, 2.24) is 5.32 Å². The Balaban J connectivity index is 1.90. The van der Waals surface area contributed by atoms with Gasteiger partial charge in [0.05, 0.1) is 0 Å². The molecule has 112 valence electrons. The predicted octanol–water partition coefficient (Wildman–Crippen LogP) is 3.76. The van der Waals surface area contributed by atoms with E-state index in [1.165, 1.54) is 36.4 Å². The third kappa shape index (κ3) is 4.71. The molecule has 0 spiro atoms. The van der Waals surface area contributed by atoms with Crippen LogP contribution in [0, 0.1) is 0 Å². The molecule has 21 heavy (non-hydrogen) atoms. The van der Waals surface area contributed by atoms with Crippen LogP contribution in [0.4, 0.5) is 13.2 Å². The van der Waals surface area contributed by atoms with Gasteiger partial charge in [0.25, 0.3) is 5.91 Å². The monoisotopic (exact) mass is 319 g/mol. The van der Waals surface area contributed by atoms with Crippen LogP contribution < -0.4 is 10.1 Å². The number of furan rings is 1. The highest BCUT2D eigenvalue weighted by Gasteiger charge is 2.30. The lowest BCUT2D eigenvalue weighted by molar-refractivity contribution is -0.274. The van der Waals surface area contributed by atoms with Gasteiger partial charge in [0.15, 0.2) is 11.0 Å². The number of benzene rings is 1. The Bertz CT molecular complexity index is 622. The summed E-state index contributed by atoms with van der Waals surface area (Å²) in [7, 11) is 0. The molecule has 0 saturated heterocycles. The SMILES string of the molecule is O=C(NCc1ccc(OC(F)(F)F)cc1)c1ccc(Cl)o1. The van der Waals surface area contributed by atoms with E-state index in [1.807, 2.05) is 0 Å². The average molecular weight is 320 g/mol. The summed E-state index contributed by atoms with van der Waals surface area (Å²) in [5, 5.41) is 2.63. The molecule has 0 saturated carbocycles. The maximum atomic E-state index is 12.0. The molecule has 0 bridgehead atoms. The lowest BCUT2D eigenvalue weighted by atomic mass is 10.2. The standard InChI is InChI=1S/C13H9ClF3NO3/c14-11-6-5-10(20-11)12(19)18-7-8-1-3-9(4-2-8)21-13(15,16)17/h1-6H,7H2,(H,18,19). The first-order chi connectivity index (χ1) is 9.83. The summed E-state index contributed by atoms with van der Waals surface area (Å²) in [5.74, 6) is -0.745. The second kappa shape index (κ2) is 6.09. The first-order valence-electron chi connectivity index (χ1n) is 5.72. The van der Waals surface area contributed by atoms with E-state index in [0.717, 1.165) is 0 Å². The predicted molar refractivity (Wildman–Crippen MR) is 68.0 cm³/mol. The van der Waals surface area contributed by atoms with Gasteiger partial charge in [0, 0.05) is 6.54 Å². The number of hydrogen-bond donors (Lipinski definition) is 1. The van der Waals surface area contributed by atoms with E-state index < -0.39 is 12.3 Å². The number of halogens is 4. The van der Waals surface area contributed by atoms with E-state index in [0.29, 0.717) is 5.56 Å². The minimum Gasteiger partial charge on any atom is -0.440 e. The Hall–Kier alpha value is -2.15. The highest BCUT2D eigenvalue weighted by molar-refractivity contribution is 6.29. The van der Waals surface area contributed by atoms with Crippen molar-refractivity contribution < 1.29 is 27.1 Å². The van der Waals surface area contributed by atoms with Crippen molar-refractivity contribution >= 4 is 17.5 Å². The lowest BCUT2D eigenvalue weighted by Crippen LogP contribution is -2.22. The molecule has 2 rings (SSSR count). The second-order valence-corrected chi connectivity index (χ2v) is 4.35. The molecule has 1 aromatic heterocycles. The fourth-order valence-electron chi connectivity index (χ4n) is 1.51. The highest BCUT2D eigenvalue weighted by Crippen LogP contribution is 2.22. The summed E-state index contributed by atoms with van der Waals surface area (Å²) in [5.41, 5.74) is 0.607. The molecular formula is C13H9ClF3NO3. The van der Waals surface area contributed by atoms with Crippen molar-refractivity contribution in [2.24, 2.45) is 0 Å². The molecule has 0 aliphatic rings. The van der Waals surface area contributed by atoms with Crippen LogP contribution >= 0.6 is 11.6 Å². The number of amides is 1.